The maximum Gasteiger partial charge on any atom is 0.252 e. The lowest BCUT2D eigenvalue weighted by molar-refractivity contribution is -0.146. The Hall–Kier alpha value is -2.11. The largest absolute Gasteiger partial charge is 0.365 e. The van der Waals surface area contributed by atoms with Crippen LogP contribution in [0.3, 0.4) is 0 Å². The van der Waals surface area contributed by atoms with Gasteiger partial charge in [0.1, 0.15) is 5.82 Å². The van der Waals surface area contributed by atoms with E-state index < -0.39 is 5.91 Å². The average Bonchev–Trinajstić information content (AvgIpc) is 3.00. The van der Waals surface area contributed by atoms with Gasteiger partial charge in [0, 0.05) is 32.4 Å². The summed E-state index contributed by atoms with van der Waals surface area (Å²) in [6.07, 6.45) is 8.35. The summed E-state index contributed by atoms with van der Waals surface area (Å²) in [5, 5.41) is 0. The molecule has 134 valence electrons. The van der Waals surface area contributed by atoms with Gasteiger partial charge in [-0.1, -0.05) is 6.42 Å². The second-order valence-corrected chi connectivity index (χ2v) is 7.84. The highest BCUT2D eigenvalue weighted by molar-refractivity contribution is 5.98. The van der Waals surface area contributed by atoms with Crippen molar-refractivity contribution in [1.82, 2.24) is 9.88 Å². The Morgan fingerprint density at radius 2 is 2.12 bits per heavy atom. The zero-order valence-corrected chi connectivity index (χ0v) is 14.6. The molecule has 6 nitrogen and oxygen atoms in total. The van der Waals surface area contributed by atoms with Crippen molar-refractivity contribution in [2.45, 2.75) is 38.5 Å². The summed E-state index contributed by atoms with van der Waals surface area (Å²) in [7, 11) is 0. The third-order valence-electron chi connectivity index (χ3n) is 6.23. The average molecular weight is 342 g/mol. The van der Waals surface area contributed by atoms with Gasteiger partial charge in [0.25, 0.3) is 5.91 Å². The van der Waals surface area contributed by atoms with Gasteiger partial charge in [0.2, 0.25) is 5.91 Å². The molecule has 2 saturated heterocycles. The Kier molecular flexibility index (Phi) is 4.13. The number of primary amides is 1. The summed E-state index contributed by atoms with van der Waals surface area (Å²) in [4.78, 5) is 33.5. The highest BCUT2D eigenvalue weighted by Crippen LogP contribution is 2.42. The van der Waals surface area contributed by atoms with Gasteiger partial charge in [0.15, 0.2) is 0 Å². The maximum atomic E-state index is 13.2. The van der Waals surface area contributed by atoms with Gasteiger partial charge in [-0.05, 0) is 50.2 Å². The van der Waals surface area contributed by atoms with Crippen LogP contribution in [0.5, 0.6) is 0 Å². The van der Waals surface area contributed by atoms with E-state index in [0.29, 0.717) is 29.8 Å². The topological polar surface area (TPSA) is 79.5 Å². The summed E-state index contributed by atoms with van der Waals surface area (Å²) in [6.45, 7) is 3.22. The van der Waals surface area contributed by atoms with E-state index in [4.69, 9.17) is 5.73 Å². The molecule has 1 aromatic rings. The van der Waals surface area contributed by atoms with Gasteiger partial charge in [-0.3, -0.25) is 9.59 Å². The minimum absolute atomic E-state index is 0.310. The molecule has 3 heterocycles. The molecular formula is C19H26N4O2. The van der Waals surface area contributed by atoms with E-state index >= 15 is 0 Å². The lowest BCUT2D eigenvalue weighted by Crippen LogP contribution is -2.51. The fourth-order valence-corrected chi connectivity index (χ4v) is 4.59. The minimum atomic E-state index is -0.467. The van der Waals surface area contributed by atoms with Gasteiger partial charge in [-0.2, -0.15) is 0 Å². The molecule has 1 aromatic heterocycles. The first-order valence-electron chi connectivity index (χ1n) is 9.38. The number of pyridine rings is 1. The van der Waals surface area contributed by atoms with E-state index in [2.05, 4.69) is 14.8 Å². The zero-order valence-electron chi connectivity index (χ0n) is 14.6. The number of carbonyl (C=O) groups excluding carboxylic acids is 2. The van der Waals surface area contributed by atoms with Crippen LogP contribution in [0.1, 0.15) is 48.9 Å². The SMILES string of the molecule is NC(=O)c1cccnc1N1CC[C@]2(CCCN(CC3CCC3)C2=O)C1. The Bertz CT molecular complexity index is 688. The van der Waals surface area contributed by atoms with Crippen molar-refractivity contribution >= 4 is 17.6 Å². The first-order valence-corrected chi connectivity index (χ1v) is 9.38. The number of aromatic nitrogens is 1. The molecule has 2 N–H and O–H groups in total. The summed E-state index contributed by atoms with van der Waals surface area (Å²) < 4.78 is 0. The smallest absolute Gasteiger partial charge is 0.252 e. The number of nitrogens with two attached hydrogens (primary N) is 1. The van der Waals surface area contributed by atoms with Gasteiger partial charge < -0.3 is 15.5 Å². The number of anilines is 1. The lowest BCUT2D eigenvalue weighted by atomic mass is 9.77. The fourth-order valence-electron chi connectivity index (χ4n) is 4.59. The predicted octanol–water partition coefficient (Wildman–Crippen LogP) is 1.80. The van der Waals surface area contributed by atoms with Gasteiger partial charge in [-0.25, -0.2) is 4.98 Å². The summed E-state index contributed by atoms with van der Waals surface area (Å²) in [5.41, 5.74) is 5.63. The minimum Gasteiger partial charge on any atom is -0.365 e. The van der Waals surface area contributed by atoms with Crippen LogP contribution in [0.25, 0.3) is 0 Å². The van der Waals surface area contributed by atoms with Crippen LogP contribution in [0.4, 0.5) is 5.82 Å². The Labute approximate surface area is 148 Å². The van der Waals surface area contributed by atoms with Crippen LogP contribution >= 0.6 is 0 Å². The van der Waals surface area contributed by atoms with Crippen molar-refractivity contribution in [3.8, 4) is 0 Å². The number of hydrogen-bond acceptors (Lipinski definition) is 4. The van der Waals surface area contributed by atoms with Crippen LogP contribution in [0.2, 0.25) is 0 Å². The van der Waals surface area contributed by atoms with Crippen molar-refractivity contribution < 1.29 is 9.59 Å². The fraction of sp³-hybridized carbons (Fsp3) is 0.632. The molecule has 1 spiro atoms. The molecule has 0 unspecified atom stereocenters. The van der Waals surface area contributed by atoms with E-state index in [1.54, 1.807) is 18.3 Å². The molecule has 0 bridgehead atoms. The van der Waals surface area contributed by atoms with Crippen molar-refractivity contribution in [2.75, 3.05) is 31.1 Å². The summed E-state index contributed by atoms with van der Waals surface area (Å²) >= 11 is 0. The number of rotatable bonds is 4. The van der Waals surface area contributed by atoms with Crippen LogP contribution in [0, 0.1) is 11.3 Å². The van der Waals surface area contributed by atoms with Crippen LogP contribution in [0.15, 0.2) is 18.3 Å². The highest BCUT2D eigenvalue weighted by atomic mass is 16.2. The summed E-state index contributed by atoms with van der Waals surface area (Å²) in [6, 6.07) is 3.43. The van der Waals surface area contributed by atoms with E-state index in [0.717, 1.165) is 38.9 Å². The van der Waals surface area contributed by atoms with Crippen molar-refractivity contribution in [3.63, 3.8) is 0 Å². The van der Waals surface area contributed by atoms with E-state index in [1.807, 2.05) is 0 Å². The number of nitrogens with zero attached hydrogens (tertiary/aromatic N) is 3. The number of hydrogen-bond donors (Lipinski definition) is 1. The third-order valence-corrected chi connectivity index (χ3v) is 6.23. The zero-order chi connectivity index (χ0) is 17.4. The van der Waals surface area contributed by atoms with Crippen molar-refractivity contribution in [2.24, 2.45) is 17.1 Å². The predicted molar refractivity (Wildman–Crippen MR) is 95.2 cm³/mol. The van der Waals surface area contributed by atoms with Gasteiger partial charge in [-0.15, -0.1) is 0 Å². The molecule has 6 heteroatoms. The van der Waals surface area contributed by atoms with E-state index in [-0.39, 0.29) is 5.41 Å². The maximum absolute atomic E-state index is 13.2. The molecule has 3 aliphatic rings. The normalized spacial score (nSPS) is 27.0. The number of carbonyl (C=O) groups is 2. The van der Waals surface area contributed by atoms with Crippen molar-refractivity contribution in [3.05, 3.63) is 23.9 Å². The molecule has 2 aliphatic heterocycles. The molecule has 1 saturated carbocycles. The van der Waals surface area contributed by atoms with Gasteiger partial charge >= 0.3 is 0 Å². The molecule has 4 rings (SSSR count). The molecule has 25 heavy (non-hydrogen) atoms. The molecule has 1 atom stereocenters. The number of likely N-dealkylation sites (tertiary alicyclic amines) is 1. The second kappa shape index (κ2) is 6.32. The monoisotopic (exact) mass is 342 g/mol. The third kappa shape index (κ3) is 2.87. The van der Waals surface area contributed by atoms with E-state index in [1.165, 1.54) is 19.3 Å². The Balaban J connectivity index is 1.52. The summed E-state index contributed by atoms with van der Waals surface area (Å²) in [5.74, 6) is 1.17. The van der Waals surface area contributed by atoms with Crippen molar-refractivity contribution in [1.29, 1.82) is 0 Å². The standard InChI is InChI=1S/C19H26N4O2/c20-16(24)15-6-2-9-21-17(15)23-11-8-19(13-23)7-3-10-22(18(19)25)12-14-4-1-5-14/h2,6,9,14H,1,3-5,7-8,10-13H2,(H2,20,24)/t19-/m1/s1. The Morgan fingerprint density at radius 1 is 1.28 bits per heavy atom. The van der Waals surface area contributed by atoms with Crippen LogP contribution < -0.4 is 10.6 Å². The number of piperidine rings is 1. The molecule has 1 aliphatic carbocycles. The molecule has 2 amide bonds. The first-order chi connectivity index (χ1) is 12.1. The van der Waals surface area contributed by atoms with E-state index in [9.17, 15) is 9.59 Å². The lowest BCUT2D eigenvalue weighted by Gasteiger charge is -2.42. The molecule has 3 fully saturated rings. The molecule has 0 aromatic carbocycles. The van der Waals surface area contributed by atoms with Gasteiger partial charge in [0.05, 0.1) is 11.0 Å². The van der Waals surface area contributed by atoms with Crippen LogP contribution in [-0.4, -0.2) is 47.9 Å². The molecule has 0 radical (unpaired) electrons. The number of amides is 2. The van der Waals surface area contributed by atoms with Crippen LogP contribution in [-0.2, 0) is 4.79 Å². The quantitative estimate of drug-likeness (QED) is 0.905. The second-order valence-electron chi connectivity index (χ2n) is 7.84. The molecular weight excluding hydrogens is 316 g/mol. The highest BCUT2D eigenvalue weighted by Gasteiger charge is 2.49. The first kappa shape index (κ1) is 16.4. The Morgan fingerprint density at radius 3 is 2.84 bits per heavy atom.